The molecule has 1 aromatic carbocycles. The van der Waals surface area contributed by atoms with Crippen LogP contribution in [0, 0.1) is 10.1 Å². The van der Waals surface area contributed by atoms with E-state index in [0.29, 0.717) is 0 Å². The molecule has 1 aromatic rings. The number of nitrogens with zero attached hydrogens (tertiary/aromatic N) is 1. The van der Waals surface area contributed by atoms with Gasteiger partial charge >= 0.3 is 18.3 Å². The summed E-state index contributed by atoms with van der Waals surface area (Å²) in [6.07, 6.45) is 0. The minimum absolute atomic E-state index is 0.0430. The van der Waals surface area contributed by atoms with Crippen LogP contribution in [-0.2, 0) is 4.74 Å². The third kappa shape index (κ3) is 3.50. The monoisotopic (exact) mass is 276 g/mol. The van der Waals surface area contributed by atoms with Crippen LogP contribution >= 0.6 is 0 Å². The zero-order valence-corrected chi connectivity index (χ0v) is 9.76. The molecular weight excluding hydrogens is 266 g/mol. The van der Waals surface area contributed by atoms with Crippen LogP contribution in [0.1, 0.15) is 17.3 Å². The summed E-state index contributed by atoms with van der Waals surface area (Å²) in [6.45, 7) is -1.66. The topological polar surface area (TPSA) is 105 Å². The fraction of sp³-hybridized carbons (Fsp3) is 0.300. The van der Waals surface area contributed by atoms with Gasteiger partial charge in [0.2, 0.25) is 5.75 Å². The van der Waals surface area contributed by atoms with Crippen LogP contribution in [-0.4, -0.2) is 24.1 Å². The molecule has 0 heterocycles. The molecule has 0 bridgehead atoms. The van der Waals surface area contributed by atoms with Gasteiger partial charge in [-0.15, -0.1) is 0 Å². The second-order valence-corrected chi connectivity index (χ2v) is 3.26. The third-order valence-corrected chi connectivity index (χ3v) is 2.04. The molecule has 0 saturated heterocycles. The van der Waals surface area contributed by atoms with E-state index >= 15 is 0 Å². The van der Waals surface area contributed by atoms with Gasteiger partial charge in [-0.05, 0) is 6.92 Å². The molecule has 104 valence electrons. The second-order valence-electron chi connectivity index (χ2n) is 3.26. The highest BCUT2D eigenvalue weighted by Crippen LogP contribution is 2.33. The van der Waals surface area contributed by atoms with Crippen molar-refractivity contribution in [3.05, 3.63) is 27.8 Å². The molecule has 1 rings (SSSR count). The van der Waals surface area contributed by atoms with Crippen molar-refractivity contribution < 1.29 is 28.0 Å². The average Bonchev–Trinajstić information content (AvgIpc) is 2.27. The van der Waals surface area contributed by atoms with E-state index in [1.807, 2.05) is 0 Å². The number of nitro benzene ring substituents is 1. The highest BCUT2D eigenvalue weighted by atomic mass is 19.3. The molecule has 0 radical (unpaired) electrons. The Morgan fingerprint density at radius 1 is 1.53 bits per heavy atom. The SMILES string of the molecule is CCOC(=O)c1cc([N+](=O)[O-])c(OC(F)F)cc1N. The number of rotatable bonds is 5. The lowest BCUT2D eigenvalue weighted by atomic mass is 10.1. The molecule has 0 fully saturated rings. The predicted molar refractivity (Wildman–Crippen MR) is 60.1 cm³/mol. The summed E-state index contributed by atoms with van der Waals surface area (Å²) in [7, 11) is 0. The van der Waals surface area contributed by atoms with Crippen LogP contribution < -0.4 is 10.5 Å². The van der Waals surface area contributed by atoms with Crippen molar-refractivity contribution in [1.29, 1.82) is 0 Å². The van der Waals surface area contributed by atoms with Gasteiger partial charge in [-0.25, -0.2) is 4.79 Å². The number of anilines is 1. The molecule has 0 spiro atoms. The van der Waals surface area contributed by atoms with Crippen molar-refractivity contribution in [2.45, 2.75) is 13.5 Å². The number of nitrogens with two attached hydrogens (primary N) is 1. The minimum Gasteiger partial charge on any atom is -0.462 e. The minimum atomic E-state index is -3.24. The van der Waals surface area contributed by atoms with Crippen molar-refractivity contribution in [3.63, 3.8) is 0 Å². The Morgan fingerprint density at radius 3 is 2.63 bits per heavy atom. The highest BCUT2D eigenvalue weighted by Gasteiger charge is 2.24. The molecule has 2 N–H and O–H groups in total. The van der Waals surface area contributed by atoms with E-state index in [2.05, 4.69) is 9.47 Å². The zero-order valence-electron chi connectivity index (χ0n) is 9.76. The molecule has 0 aliphatic rings. The normalized spacial score (nSPS) is 10.3. The summed E-state index contributed by atoms with van der Waals surface area (Å²) in [5, 5.41) is 10.7. The molecule has 0 unspecified atom stereocenters. The van der Waals surface area contributed by atoms with Crippen molar-refractivity contribution >= 4 is 17.3 Å². The smallest absolute Gasteiger partial charge is 0.387 e. The van der Waals surface area contributed by atoms with Crippen LogP contribution in [0.4, 0.5) is 20.2 Å². The van der Waals surface area contributed by atoms with E-state index in [0.717, 1.165) is 12.1 Å². The fourth-order valence-corrected chi connectivity index (χ4v) is 1.30. The Labute approximate surface area is 106 Å². The molecule has 0 aromatic heterocycles. The van der Waals surface area contributed by atoms with Gasteiger partial charge in [0, 0.05) is 12.1 Å². The molecule has 7 nitrogen and oxygen atoms in total. The van der Waals surface area contributed by atoms with Crippen molar-refractivity contribution in [2.75, 3.05) is 12.3 Å². The first-order valence-corrected chi connectivity index (χ1v) is 5.06. The fourth-order valence-electron chi connectivity index (χ4n) is 1.30. The van der Waals surface area contributed by atoms with Crippen LogP contribution in [0.5, 0.6) is 5.75 Å². The van der Waals surface area contributed by atoms with Gasteiger partial charge in [0.25, 0.3) is 0 Å². The summed E-state index contributed by atoms with van der Waals surface area (Å²) in [6, 6.07) is 1.53. The average molecular weight is 276 g/mol. The summed E-state index contributed by atoms with van der Waals surface area (Å²) < 4.78 is 32.8. The number of halogens is 2. The van der Waals surface area contributed by atoms with E-state index in [9.17, 15) is 23.7 Å². The van der Waals surface area contributed by atoms with Crippen molar-refractivity contribution in [1.82, 2.24) is 0 Å². The zero-order chi connectivity index (χ0) is 14.6. The quantitative estimate of drug-likeness (QED) is 0.381. The standard InChI is InChI=1S/C10H10F2N2O5/c1-2-18-9(15)5-3-7(14(16)17)8(4-6(5)13)19-10(11)12/h3-4,10H,2,13H2,1H3. The van der Waals surface area contributed by atoms with Gasteiger partial charge in [0.05, 0.1) is 22.8 Å². The largest absolute Gasteiger partial charge is 0.462 e. The molecule has 0 aliphatic heterocycles. The molecule has 0 atom stereocenters. The Bertz CT molecular complexity index is 507. The van der Waals surface area contributed by atoms with Crippen molar-refractivity contribution in [2.24, 2.45) is 0 Å². The molecule has 9 heteroatoms. The predicted octanol–water partition coefficient (Wildman–Crippen LogP) is 1.96. The third-order valence-electron chi connectivity index (χ3n) is 2.04. The van der Waals surface area contributed by atoms with Gasteiger partial charge in [-0.1, -0.05) is 0 Å². The van der Waals surface area contributed by atoms with Crippen LogP contribution in [0.25, 0.3) is 0 Å². The maximum atomic E-state index is 12.1. The van der Waals surface area contributed by atoms with Crippen LogP contribution in [0.3, 0.4) is 0 Å². The van der Waals surface area contributed by atoms with Gasteiger partial charge in [-0.3, -0.25) is 10.1 Å². The van der Waals surface area contributed by atoms with E-state index in [1.54, 1.807) is 0 Å². The van der Waals surface area contributed by atoms with E-state index in [4.69, 9.17) is 5.73 Å². The Kier molecular flexibility index (Phi) is 4.56. The Balaban J connectivity index is 3.28. The summed E-state index contributed by atoms with van der Waals surface area (Å²) >= 11 is 0. The van der Waals surface area contributed by atoms with Gasteiger partial charge < -0.3 is 15.2 Å². The van der Waals surface area contributed by atoms with Gasteiger partial charge in [-0.2, -0.15) is 8.78 Å². The number of ether oxygens (including phenoxy) is 2. The maximum Gasteiger partial charge on any atom is 0.387 e. The van der Waals surface area contributed by atoms with Crippen molar-refractivity contribution in [3.8, 4) is 5.75 Å². The molecule has 0 aliphatic carbocycles. The second kappa shape index (κ2) is 5.94. The number of hydrogen-bond acceptors (Lipinski definition) is 6. The number of esters is 1. The number of nitrogen functional groups attached to an aromatic ring is 1. The number of nitro groups is 1. The molecule has 19 heavy (non-hydrogen) atoms. The Morgan fingerprint density at radius 2 is 2.16 bits per heavy atom. The summed E-state index contributed by atoms with van der Waals surface area (Å²) in [5.74, 6) is -1.60. The summed E-state index contributed by atoms with van der Waals surface area (Å²) in [4.78, 5) is 21.2. The number of carbonyl (C=O) groups excluding carboxylic acids is 1. The molecule has 0 saturated carbocycles. The molecule has 0 amide bonds. The first kappa shape index (κ1) is 14.6. The first-order valence-electron chi connectivity index (χ1n) is 5.06. The van der Waals surface area contributed by atoms with Crippen LogP contribution in [0.2, 0.25) is 0 Å². The summed E-state index contributed by atoms with van der Waals surface area (Å²) in [5.41, 5.74) is 4.12. The van der Waals surface area contributed by atoms with Crippen LogP contribution in [0.15, 0.2) is 12.1 Å². The lowest BCUT2D eigenvalue weighted by molar-refractivity contribution is -0.386. The van der Waals surface area contributed by atoms with E-state index in [1.165, 1.54) is 6.92 Å². The first-order chi connectivity index (χ1) is 8.86. The van der Waals surface area contributed by atoms with E-state index in [-0.39, 0.29) is 17.9 Å². The lowest BCUT2D eigenvalue weighted by Gasteiger charge is -2.09. The number of benzene rings is 1. The number of alkyl halides is 2. The molecular formula is C10H10F2N2O5. The van der Waals surface area contributed by atoms with E-state index < -0.39 is 28.9 Å². The Hall–Kier alpha value is -2.45. The lowest BCUT2D eigenvalue weighted by Crippen LogP contribution is -2.11. The number of carbonyl (C=O) groups is 1. The maximum absolute atomic E-state index is 12.1. The van der Waals surface area contributed by atoms with Gasteiger partial charge in [0.1, 0.15) is 0 Å². The number of hydrogen-bond donors (Lipinski definition) is 1. The highest BCUT2D eigenvalue weighted by molar-refractivity contribution is 5.96. The van der Waals surface area contributed by atoms with Gasteiger partial charge in [0.15, 0.2) is 0 Å².